The molecule has 0 aliphatic rings. The molecule has 0 aliphatic heterocycles. The minimum absolute atomic E-state index is 0.146. The average Bonchev–Trinajstić information content (AvgIpc) is 2.53. The van der Waals surface area contributed by atoms with Gasteiger partial charge < -0.3 is 9.47 Å². The molecule has 0 saturated carbocycles. The van der Waals surface area contributed by atoms with Crippen molar-refractivity contribution in [2.45, 2.75) is 18.6 Å². The molecular formula is C13H13F2N5O5S. The molecule has 10 nitrogen and oxygen atoms in total. The van der Waals surface area contributed by atoms with Gasteiger partial charge in [-0.05, 0) is 19.1 Å². The van der Waals surface area contributed by atoms with Crippen LogP contribution in [0.2, 0.25) is 0 Å². The molecule has 140 valence electrons. The Hall–Kier alpha value is -3.09. The molecule has 2 aromatic rings. The largest absolute Gasteiger partial charge is 0.481 e. The maximum atomic E-state index is 12.4. The Balaban J connectivity index is 2.19. The first-order valence-electron chi connectivity index (χ1n) is 6.84. The van der Waals surface area contributed by atoms with Crippen molar-refractivity contribution in [3.8, 4) is 11.6 Å². The van der Waals surface area contributed by atoms with Crippen LogP contribution < -0.4 is 19.5 Å². The van der Waals surface area contributed by atoms with Crippen LogP contribution in [0.15, 0.2) is 29.4 Å². The van der Waals surface area contributed by atoms with Crippen LogP contribution in [-0.2, 0) is 10.0 Å². The van der Waals surface area contributed by atoms with Crippen LogP contribution in [0.4, 0.5) is 19.5 Å². The van der Waals surface area contributed by atoms with Crippen LogP contribution in [0.3, 0.4) is 0 Å². The number of alkyl halides is 2. The van der Waals surface area contributed by atoms with E-state index < -0.39 is 33.4 Å². The number of halogens is 2. The summed E-state index contributed by atoms with van der Waals surface area (Å²) >= 11 is 0. The van der Waals surface area contributed by atoms with E-state index in [0.29, 0.717) is 5.69 Å². The topological polar surface area (TPSA) is 132 Å². The van der Waals surface area contributed by atoms with Gasteiger partial charge in [0.2, 0.25) is 16.9 Å². The molecule has 2 heterocycles. The molecule has 0 saturated heterocycles. The highest BCUT2D eigenvalue weighted by atomic mass is 32.2. The quantitative estimate of drug-likeness (QED) is 0.755. The van der Waals surface area contributed by atoms with Crippen LogP contribution in [-0.4, -0.2) is 43.1 Å². The summed E-state index contributed by atoms with van der Waals surface area (Å²) in [6.45, 7) is -1.67. The van der Waals surface area contributed by atoms with Gasteiger partial charge in [-0.25, -0.2) is 19.5 Å². The van der Waals surface area contributed by atoms with E-state index in [4.69, 9.17) is 4.74 Å². The fourth-order valence-electron chi connectivity index (χ4n) is 1.76. The standard InChI is InChI=1S/C13H13F2N5O5S/c1-7-6-9(24-2)18-12(17-7)19-13(21)20-26(22,23)10-8(25-11(14)15)4-3-5-16-10/h3-6,11H,1-2H3,(H2,17,18,19,20,21). The van der Waals surface area contributed by atoms with Crippen molar-refractivity contribution in [3.63, 3.8) is 0 Å². The van der Waals surface area contributed by atoms with Gasteiger partial charge in [0.15, 0.2) is 5.75 Å². The van der Waals surface area contributed by atoms with Gasteiger partial charge in [-0.2, -0.15) is 22.2 Å². The van der Waals surface area contributed by atoms with E-state index in [2.05, 4.69) is 25.0 Å². The molecule has 2 N–H and O–H groups in total. The van der Waals surface area contributed by atoms with E-state index in [9.17, 15) is 22.0 Å². The molecule has 0 spiro atoms. The summed E-state index contributed by atoms with van der Waals surface area (Å²) in [5.74, 6) is -0.788. The smallest absolute Gasteiger partial charge is 0.387 e. The highest BCUT2D eigenvalue weighted by Gasteiger charge is 2.25. The number of urea groups is 1. The third kappa shape index (κ3) is 4.95. The molecule has 2 aromatic heterocycles. The van der Waals surface area contributed by atoms with Crippen LogP contribution in [0.25, 0.3) is 0 Å². The molecule has 0 bridgehead atoms. The van der Waals surface area contributed by atoms with E-state index in [1.807, 2.05) is 0 Å². The third-order valence-corrected chi connectivity index (χ3v) is 3.97. The Bertz CT molecular complexity index is 910. The van der Waals surface area contributed by atoms with Gasteiger partial charge in [-0.1, -0.05) is 0 Å². The second kappa shape index (κ2) is 7.86. The summed E-state index contributed by atoms with van der Waals surface area (Å²) in [6, 6.07) is 2.43. The van der Waals surface area contributed by atoms with Crippen LogP contribution >= 0.6 is 0 Å². The van der Waals surface area contributed by atoms with E-state index in [1.165, 1.54) is 19.2 Å². The Morgan fingerprint density at radius 2 is 2.04 bits per heavy atom. The van der Waals surface area contributed by atoms with Crippen LogP contribution in [0.1, 0.15) is 5.69 Å². The first-order valence-corrected chi connectivity index (χ1v) is 8.33. The van der Waals surface area contributed by atoms with Gasteiger partial charge in [-0.3, -0.25) is 5.32 Å². The Morgan fingerprint density at radius 1 is 1.31 bits per heavy atom. The second-order valence-electron chi connectivity index (χ2n) is 4.62. The summed E-state index contributed by atoms with van der Waals surface area (Å²) in [5, 5.41) is 1.22. The number of rotatable bonds is 6. The number of carbonyl (C=O) groups is 1. The fraction of sp³-hybridized carbons (Fsp3) is 0.231. The number of methoxy groups -OCH3 is 1. The van der Waals surface area contributed by atoms with Gasteiger partial charge in [0.05, 0.1) is 7.11 Å². The Morgan fingerprint density at radius 3 is 2.69 bits per heavy atom. The third-order valence-electron chi connectivity index (χ3n) is 2.70. The maximum Gasteiger partial charge on any atom is 0.387 e. The summed E-state index contributed by atoms with van der Waals surface area (Å²) in [7, 11) is -3.25. The minimum atomic E-state index is -4.60. The predicted octanol–water partition coefficient (Wildman–Crippen LogP) is 1.30. The van der Waals surface area contributed by atoms with E-state index in [1.54, 1.807) is 11.6 Å². The lowest BCUT2D eigenvalue weighted by atomic mass is 10.4. The molecule has 0 atom stereocenters. The summed E-state index contributed by atoms with van der Waals surface area (Å²) < 4.78 is 59.7. The molecule has 0 fully saturated rings. The number of anilines is 1. The highest BCUT2D eigenvalue weighted by molar-refractivity contribution is 7.90. The summed E-state index contributed by atoms with van der Waals surface area (Å²) in [6.07, 6.45) is 1.04. The minimum Gasteiger partial charge on any atom is -0.481 e. The van der Waals surface area contributed by atoms with Crippen molar-refractivity contribution in [1.29, 1.82) is 0 Å². The zero-order valence-electron chi connectivity index (χ0n) is 13.4. The number of amides is 2. The summed E-state index contributed by atoms with van der Waals surface area (Å²) in [4.78, 5) is 23.1. The van der Waals surface area contributed by atoms with E-state index >= 15 is 0 Å². The lowest BCUT2D eigenvalue weighted by Gasteiger charge is -2.11. The second-order valence-corrected chi connectivity index (χ2v) is 6.22. The zero-order chi connectivity index (χ0) is 19.3. The van der Waals surface area contributed by atoms with Gasteiger partial charge in [0, 0.05) is 18.0 Å². The van der Waals surface area contributed by atoms with Crippen LogP contribution in [0.5, 0.6) is 11.6 Å². The Labute approximate surface area is 146 Å². The number of nitrogens with one attached hydrogen (secondary N) is 2. The number of hydrogen-bond donors (Lipinski definition) is 2. The number of pyridine rings is 1. The van der Waals surface area contributed by atoms with E-state index in [0.717, 1.165) is 12.3 Å². The molecule has 2 amide bonds. The molecule has 26 heavy (non-hydrogen) atoms. The highest BCUT2D eigenvalue weighted by Crippen LogP contribution is 2.22. The predicted molar refractivity (Wildman–Crippen MR) is 83.5 cm³/mol. The van der Waals surface area contributed by atoms with Crippen molar-refractivity contribution in [2.75, 3.05) is 12.4 Å². The van der Waals surface area contributed by atoms with Gasteiger partial charge in [-0.15, -0.1) is 0 Å². The molecule has 2 rings (SSSR count). The lowest BCUT2D eigenvalue weighted by Crippen LogP contribution is -2.35. The van der Waals surface area contributed by atoms with Crippen molar-refractivity contribution in [1.82, 2.24) is 19.7 Å². The molecule has 0 aromatic carbocycles. The number of carbonyl (C=O) groups excluding carboxylic acids is 1. The van der Waals surface area contributed by atoms with Gasteiger partial charge in [0.1, 0.15) is 0 Å². The first-order chi connectivity index (χ1) is 12.2. The summed E-state index contributed by atoms with van der Waals surface area (Å²) in [5.41, 5.74) is 0.451. The Kier molecular flexibility index (Phi) is 5.82. The normalized spacial score (nSPS) is 11.1. The monoisotopic (exact) mass is 389 g/mol. The molecular weight excluding hydrogens is 376 g/mol. The zero-order valence-corrected chi connectivity index (χ0v) is 14.3. The average molecular weight is 389 g/mol. The fourth-order valence-corrected chi connectivity index (χ4v) is 2.73. The number of aryl methyl sites for hydroxylation is 1. The van der Waals surface area contributed by atoms with Gasteiger partial charge >= 0.3 is 12.6 Å². The number of ether oxygens (including phenoxy) is 2. The first kappa shape index (κ1) is 19.2. The van der Waals surface area contributed by atoms with E-state index in [-0.39, 0.29) is 11.8 Å². The van der Waals surface area contributed by atoms with Crippen LogP contribution in [0, 0.1) is 6.92 Å². The van der Waals surface area contributed by atoms with Crippen molar-refractivity contribution in [3.05, 3.63) is 30.1 Å². The van der Waals surface area contributed by atoms with Crippen molar-refractivity contribution >= 4 is 22.0 Å². The van der Waals surface area contributed by atoms with Gasteiger partial charge in [0.25, 0.3) is 10.0 Å². The number of sulfonamides is 1. The molecule has 13 heteroatoms. The van der Waals surface area contributed by atoms with Crippen molar-refractivity contribution < 1.29 is 31.5 Å². The molecule has 0 radical (unpaired) electrons. The maximum absolute atomic E-state index is 12.4. The van der Waals surface area contributed by atoms with Crippen molar-refractivity contribution in [2.24, 2.45) is 0 Å². The SMILES string of the molecule is COc1cc(C)nc(NC(=O)NS(=O)(=O)c2ncccc2OC(F)F)n1. The number of hydrogen-bond acceptors (Lipinski definition) is 8. The molecule has 0 aliphatic carbocycles. The number of aromatic nitrogens is 3. The lowest BCUT2D eigenvalue weighted by molar-refractivity contribution is -0.0521. The number of nitrogens with zero attached hydrogens (tertiary/aromatic N) is 3. The molecule has 0 unspecified atom stereocenters.